The molecule has 1 aliphatic rings. The summed E-state index contributed by atoms with van der Waals surface area (Å²) in [7, 11) is 0. The lowest BCUT2D eigenvalue weighted by molar-refractivity contribution is -0.117. The van der Waals surface area contributed by atoms with Gasteiger partial charge in [-0.3, -0.25) is 9.79 Å². The zero-order chi connectivity index (χ0) is 13.9. The lowest BCUT2D eigenvalue weighted by Gasteiger charge is -2.31. The number of aliphatic hydroxyl groups is 1. The molecule has 0 aliphatic heterocycles. The number of hydrogen-bond donors (Lipinski definition) is 1. The van der Waals surface area contributed by atoms with E-state index < -0.39 is 0 Å². The molecule has 0 saturated heterocycles. The van der Waals surface area contributed by atoms with E-state index in [4.69, 9.17) is 0 Å². The molecule has 0 amide bonds. The highest BCUT2D eigenvalue weighted by Gasteiger charge is 2.36. The highest BCUT2D eigenvalue weighted by Crippen LogP contribution is 2.35. The van der Waals surface area contributed by atoms with Crippen molar-refractivity contribution in [2.24, 2.45) is 10.4 Å². The maximum atomic E-state index is 12.2. The lowest BCUT2D eigenvalue weighted by atomic mass is 9.73. The van der Waals surface area contributed by atoms with Crippen molar-refractivity contribution in [3.05, 3.63) is 11.3 Å². The van der Waals surface area contributed by atoms with Crippen molar-refractivity contribution in [3.63, 3.8) is 0 Å². The average molecular weight is 251 g/mol. The largest absolute Gasteiger partial charge is 0.511 e. The molecule has 3 heteroatoms. The molecule has 3 nitrogen and oxygen atoms in total. The molecule has 102 valence electrons. The van der Waals surface area contributed by atoms with Crippen molar-refractivity contribution in [2.45, 2.75) is 66.3 Å². The topological polar surface area (TPSA) is 49.7 Å². The third kappa shape index (κ3) is 3.69. The van der Waals surface area contributed by atoms with Crippen LogP contribution in [0.5, 0.6) is 0 Å². The molecule has 0 unspecified atom stereocenters. The summed E-state index contributed by atoms with van der Waals surface area (Å²) in [6, 6.07) is 0.145. The van der Waals surface area contributed by atoms with Crippen LogP contribution < -0.4 is 0 Å². The molecule has 1 saturated carbocycles. The highest BCUT2D eigenvalue weighted by atomic mass is 16.3. The molecular weight excluding hydrogens is 226 g/mol. The fourth-order valence-corrected chi connectivity index (χ4v) is 2.40. The first-order valence-corrected chi connectivity index (χ1v) is 6.79. The third-order valence-electron chi connectivity index (χ3n) is 3.04. The van der Waals surface area contributed by atoms with E-state index in [0.717, 1.165) is 18.6 Å². The quantitative estimate of drug-likeness (QED) is 0.612. The lowest BCUT2D eigenvalue weighted by Crippen LogP contribution is -2.33. The summed E-state index contributed by atoms with van der Waals surface area (Å²) in [5, 5.41) is 10.1. The molecular formula is C15H25NO2. The molecule has 1 rings (SSSR count). The summed E-state index contributed by atoms with van der Waals surface area (Å²) >= 11 is 0. The predicted octanol–water partition coefficient (Wildman–Crippen LogP) is 3.84. The van der Waals surface area contributed by atoms with Gasteiger partial charge in [-0.1, -0.05) is 20.8 Å². The second-order valence-corrected chi connectivity index (χ2v) is 6.18. The number of aliphatic imine (C=N–C) groups is 1. The van der Waals surface area contributed by atoms with Crippen LogP contribution in [0.15, 0.2) is 16.3 Å². The molecule has 0 atom stereocenters. The van der Waals surface area contributed by atoms with Gasteiger partial charge in [0.05, 0.1) is 5.57 Å². The van der Waals surface area contributed by atoms with Crippen LogP contribution in [0.25, 0.3) is 0 Å². The molecule has 0 aromatic carbocycles. The minimum atomic E-state index is -0.0548. The van der Waals surface area contributed by atoms with E-state index in [1.807, 2.05) is 20.8 Å². The van der Waals surface area contributed by atoms with Crippen molar-refractivity contribution in [1.29, 1.82) is 0 Å². The minimum Gasteiger partial charge on any atom is -0.511 e. The first-order valence-electron chi connectivity index (χ1n) is 6.79. The summed E-state index contributed by atoms with van der Waals surface area (Å²) in [5.74, 6) is 0.258. The van der Waals surface area contributed by atoms with Gasteiger partial charge in [-0.05, 0) is 32.1 Å². The van der Waals surface area contributed by atoms with E-state index >= 15 is 0 Å². The number of Topliss-reactive ketones (excluding diaryl/α,β-unsaturated/α-hetero) is 1. The molecule has 18 heavy (non-hydrogen) atoms. The average Bonchev–Trinajstić information content (AvgIpc) is 2.13. The Labute approximate surface area is 110 Å². The van der Waals surface area contributed by atoms with Crippen LogP contribution >= 0.6 is 0 Å². The van der Waals surface area contributed by atoms with Gasteiger partial charge in [-0.25, -0.2) is 0 Å². The van der Waals surface area contributed by atoms with Gasteiger partial charge >= 0.3 is 0 Å². The molecule has 1 N–H and O–H groups in total. The van der Waals surface area contributed by atoms with Gasteiger partial charge < -0.3 is 5.11 Å². The van der Waals surface area contributed by atoms with Crippen molar-refractivity contribution in [2.75, 3.05) is 0 Å². The van der Waals surface area contributed by atoms with Crippen molar-refractivity contribution in [1.82, 2.24) is 0 Å². The van der Waals surface area contributed by atoms with E-state index in [9.17, 15) is 9.90 Å². The standard InChI is InChI=1S/C15H25NO2/c1-6-7-12(17)14-11(16-10(2)3)8-15(4,5)9-13(14)18/h10,17H,6-9H2,1-5H3. The van der Waals surface area contributed by atoms with Crippen molar-refractivity contribution in [3.8, 4) is 0 Å². The zero-order valence-electron chi connectivity index (χ0n) is 12.2. The molecule has 0 radical (unpaired) electrons. The summed E-state index contributed by atoms with van der Waals surface area (Å²) < 4.78 is 0. The number of allylic oxidation sites excluding steroid dienone is 2. The van der Waals surface area contributed by atoms with E-state index in [1.54, 1.807) is 0 Å². The Hall–Kier alpha value is -1.12. The van der Waals surface area contributed by atoms with Gasteiger partial charge in [0.15, 0.2) is 5.78 Å². The van der Waals surface area contributed by atoms with Crippen LogP contribution in [0, 0.1) is 5.41 Å². The number of ketones is 1. The number of aliphatic hydroxyl groups excluding tert-OH is 1. The maximum Gasteiger partial charge on any atom is 0.168 e. The van der Waals surface area contributed by atoms with Gasteiger partial charge in [0.25, 0.3) is 0 Å². The molecule has 0 spiro atoms. The van der Waals surface area contributed by atoms with E-state index in [1.165, 1.54) is 0 Å². The van der Waals surface area contributed by atoms with Crippen LogP contribution in [0.4, 0.5) is 0 Å². The minimum absolute atomic E-state index is 0.0385. The number of hydrogen-bond acceptors (Lipinski definition) is 3. The first-order chi connectivity index (χ1) is 8.26. The van der Waals surface area contributed by atoms with Gasteiger partial charge in [0.1, 0.15) is 5.76 Å². The molecule has 1 aliphatic carbocycles. The summed E-state index contributed by atoms with van der Waals surface area (Å²) in [6.07, 6.45) is 2.65. The Balaban J connectivity index is 3.20. The van der Waals surface area contributed by atoms with Crippen LogP contribution in [-0.2, 0) is 4.79 Å². The normalized spacial score (nSPS) is 24.8. The molecule has 0 aromatic heterocycles. The van der Waals surface area contributed by atoms with Gasteiger partial charge in [0.2, 0.25) is 0 Å². The van der Waals surface area contributed by atoms with Crippen LogP contribution in [-0.4, -0.2) is 22.6 Å². The fourth-order valence-electron chi connectivity index (χ4n) is 2.40. The smallest absolute Gasteiger partial charge is 0.168 e. The SMILES string of the molecule is CCCC(O)=C1C(=O)CC(C)(C)CC1=NC(C)C. The Morgan fingerprint density at radius 1 is 1.39 bits per heavy atom. The molecule has 0 heterocycles. The van der Waals surface area contributed by atoms with Crippen LogP contribution in [0.2, 0.25) is 0 Å². The van der Waals surface area contributed by atoms with Crippen LogP contribution in [0.3, 0.4) is 0 Å². The monoisotopic (exact) mass is 251 g/mol. The third-order valence-corrected chi connectivity index (χ3v) is 3.04. The number of carbonyl (C=O) groups is 1. The Bertz CT molecular complexity index is 389. The summed E-state index contributed by atoms with van der Waals surface area (Å²) in [5.41, 5.74) is 1.22. The molecule has 0 aromatic rings. The van der Waals surface area contributed by atoms with E-state index in [-0.39, 0.29) is 23.0 Å². The first kappa shape index (κ1) is 14.9. The number of carbonyl (C=O) groups excluding carboxylic acids is 1. The summed E-state index contributed by atoms with van der Waals surface area (Å²) in [4.78, 5) is 16.8. The zero-order valence-corrected chi connectivity index (χ0v) is 12.2. The van der Waals surface area contributed by atoms with Gasteiger partial charge in [0, 0.05) is 24.6 Å². The van der Waals surface area contributed by atoms with Crippen molar-refractivity contribution >= 4 is 11.5 Å². The van der Waals surface area contributed by atoms with Gasteiger partial charge in [-0.15, -0.1) is 0 Å². The fraction of sp³-hybridized carbons (Fsp3) is 0.733. The number of rotatable bonds is 3. The van der Waals surface area contributed by atoms with Gasteiger partial charge in [-0.2, -0.15) is 0 Å². The van der Waals surface area contributed by atoms with Crippen molar-refractivity contribution < 1.29 is 9.90 Å². The second kappa shape index (κ2) is 5.68. The maximum absolute atomic E-state index is 12.2. The van der Waals surface area contributed by atoms with Crippen LogP contribution in [0.1, 0.15) is 60.3 Å². The Morgan fingerprint density at radius 3 is 2.50 bits per heavy atom. The molecule has 1 fully saturated rings. The predicted molar refractivity (Wildman–Crippen MR) is 75.2 cm³/mol. The Kier molecular flexibility index (Phi) is 4.71. The summed E-state index contributed by atoms with van der Waals surface area (Å²) in [6.45, 7) is 10.1. The number of nitrogens with zero attached hydrogens (tertiary/aromatic N) is 1. The van der Waals surface area contributed by atoms with E-state index in [2.05, 4.69) is 18.8 Å². The van der Waals surface area contributed by atoms with E-state index in [0.29, 0.717) is 18.4 Å². The second-order valence-electron chi connectivity index (χ2n) is 6.18. The Morgan fingerprint density at radius 2 is 2.00 bits per heavy atom. The highest BCUT2D eigenvalue weighted by molar-refractivity contribution is 6.24. The molecule has 0 bridgehead atoms.